The molecule has 0 bridgehead atoms. The topological polar surface area (TPSA) is 21.3 Å². The highest BCUT2D eigenvalue weighted by atomic mass is 16.5. The molecular weight excluding hydrogens is 174 g/mol. The van der Waals surface area contributed by atoms with Crippen LogP contribution in [0.25, 0.3) is 0 Å². The highest BCUT2D eigenvalue weighted by molar-refractivity contribution is 4.94. The van der Waals surface area contributed by atoms with E-state index in [4.69, 9.17) is 4.74 Å². The molecule has 0 radical (unpaired) electrons. The third kappa shape index (κ3) is 2.12. The number of rotatable bonds is 0. The van der Waals surface area contributed by atoms with Crippen molar-refractivity contribution < 1.29 is 4.74 Å². The highest BCUT2D eigenvalue weighted by Gasteiger charge is 2.41. The molecule has 0 amide bonds. The molecule has 1 saturated heterocycles. The van der Waals surface area contributed by atoms with E-state index in [2.05, 4.69) is 26.1 Å². The molecule has 14 heavy (non-hydrogen) atoms. The second-order valence-electron chi connectivity index (χ2n) is 5.94. The molecule has 1 unspecified atom stereocenters. The second-order valence-corrected chi connectivity index (χ2v) is 5.94. The van der Waals surface area contributed by atoms with Crippen LogP contribution in [0.1, 0.15) is 46.5 Å². The lowest BCUT2D eigenvalue weighted by atomic mass is 9.70. The summed E-state index contributed by atoms with van der Waals surface area (Å²) in [5, 5.41) is 3.54. The molecule has 1 aliphatic carbocycles. The van der Waals surface area contributed by atoms with Gasteiger partial charge in [0.05, 0.1) is 12.2 Å². The van der Waals surface area contributed by atoms with Gasteiger partial charge >= 0.3 is 0 Å². The summed E-state index contributed by atoms with van der Waals surface area (Å²) in [5.74, 6) is 0. The number of hydrogen-bond donors (Lipinski definition) is 1. The fourth-order valence-corrected chi connectivity index (χ4v) is 2.48. The molecule has 1 N–H and O–H groups in total. The van der Waals surface area contributed by atoms with Crippen LogP contribution >= 0.6 is 0 Å². The molecule has 2 rings (SSSR count). The Morgan fingerprint density at radius 3 is 2.29 bits per heavy atom. The summed E-state index contributed by atoms with van der Waals surface area (Å²) >= 11 is 0. The zero-order valence-electron chi connectivity index (χ0n) is 9.73. The van der Waals surface area contributed by atoms with E-state index in [1.807, 2.05) is 0 Å². The van der Waals surface area contributed by atoms with E-state index in [-0.39, 0.29) is 5.60 Å². The molecule has 1 saturated carbocycles. The van der Waals surface area contributed by atoms with Crippen molar-refractivity contribution in [3.63, 3.8) is 0 Å². The number of morpholine rings is 1. The van der Waals surface area contributed by atoms with E-state index in [1.54, 1.807) is 0 Å². The molecule has 0 aromatic carbocycles. The molecule has 2 fully saturated rings. The van der Waals surface area contributed by atoms with E-state index < -0.39 is 0 Å². The average molecular weight is 197 g/mol. The molecule has 0 aromatic heterocycles. The second kappa shape index (κ2) is 3.49. The van der Waals surface area contributed by atoms with E-state index in [0.717, 1.165) is 13.2 Å². The third-order valence-electron chi connectivity index (χ3n) is 3.93. The Kier molecular flexibility index (Phi) is 2.61. The lowest BCUT2D eigenvalue weighted by molar-refractivity contribution is -0.115. The van der Waals surface area contributed by atoms with Crippen LogP contribution in [-0.2, 0) is 4.74 Å². The standard InChI is InChI=1S/C12H23NO/c1-10-8-14-12(9-13-10)6-4-11(2,3)5-7-12/h10,13H,4-9H2,1-3H3. The minimum atomic E-state index is 0.183. The van der Waals surface area contributed by atoms with E-state index in [9.17, 15) is 0 Å². The van der Waals surface area contributed by atoms with Crippen molar-refractivity contribution in [3.8, 4) is 0 Å². The van der Waals surface area contributed by atoms with Gasteiger partial charge in [-0.05, 0) is 38.0 Å². The van der Waals surface area contributed by atoms with Gasteiger partial charge in [0.15, 0.2) is 0 Å². The van der Waals surface area contributed by atoms with Crippen molar-refractivity contribution in [2.24, 2.45) is 5.41 Å². The molecule has 1 atom stereocenters. The van der Waals surface area contributed by atoms with Crippen molar-refractivity contribution in [3.05, 3.63) is 0 Å². The average Bonchev–Trinajstić information content (AvgIpc) is 2.16. The Hall–Kier alpha value is -0.0800. The summed E-state index contributed by atoms with van der Waals surface area (Å²) in [6, 6.07) is 0.538. The van der Waals surface area contributed by atoms with Crippen LogP contribution in [0, 0.1) is 5.41 Å². The maximum absolute atomic E-state index is 6.05. The predicted octanol–water partition coefficient (Wildman–Crippen LogP) is 2.33. The lowest BCUT2D eigenvalue weighted by Gasteiger charge is -2.47. The van der Waals surface area contributed by atoms with Gasteiger partial charge in [-0.1, -0.05) is 13.8 Å². The summed E-state index contributed by atoms with van der Waals surface area (Å²) in [6.07, 6.45) is 5.09. The maximum atomic E-state index is 6.05. The van der Waals surface area contributed by atoms with Crippen molar-refractivity contribution in [1.82, 2.24) is 5.32 Å². The third-order valence-corrected chi connectivity index (χ3v) is 3.93. The summed E-state index contributed by atoms with van der Waals surface area (Å²) in [7, 11) is 0. The van der Waals surface area contributed by atoms with Gasteiger partial charge in [-0.3, -0.25) is 0 Å². The monoisotopic (exact) mass is 197 g/mol. The van der Waals surface area contributed by atoms with Gasteiger partial charge < -0.3 is 10.1 Å². The summed E-state index contributed by atoms with van der Waals surface area (Å²) < 4.78 is 6.05. The first-order valence-electron chi connectivity index (χ1n) is 5.89. The Labute approximate surface area is 87.4 Å². The number of hydrogen-bond acceptors (Lipinski definition) is 2. The Morgan fingerprint density at radius 2 is 1.79 bits per heavy atom. The first-order chi connectivity index (χ1) is 6.52. The number of nitrogens with one attached hydrogen (secondary N) is 1. The zero-order chi connectivity index (χ0) is 10.2. The van der Waals surface area contributed by atoms with Gasteiger partial charge in [-0.2, -0.15) is 0 Å². The van der Waals surface area contributed by atoms with Crippen molar-refractivity contribution in [2.45, 2.75) is 58.1 Å². The fraction of sp³-hybridized carbons (Fsp3) is 1.00. The van der Waals surface area contributed by atoms with Crippen LogP contribution in [-0.4, -0.2) is 24.8 Å². The van der Waals surface area contributed by atoms with Gasteiger partial charge in [0, 0.05) is 12.6 Å². The molecule has 0 aromatic rings. The van der Waals surface area contributed by atoms with Crippen LogP contribution in [0.3, 0.4) is 0 Å². The SMILES string of the molecule is CC1COC2(CCC(C)(C)CC2)CN1. The van der Waals surface area contributed by atoms with Crippen molar-refractivity contribution in [1.29, 1.82) is 0 Å². The minimum absolute atomic E-state index is 0.183. The highest BCUT2D eigenvalue weighted by Crippen LogP contribution is 2.42. The normalized spacial score (nSPS) is 35.8. The smallest absolute Gasteiger partial charge is 0.0807 e. The predicted molar refractivity (Wildman–Crippen MR) is 58.4 cm³/mol. The molecule has 2 aliphatic rings. The maximum Gasteiger partial charge on any atom is 0.0807 e. The largest absolute Gasteiger partial charge is 0.372 e. The summed E-state index contributed by atoms with van der Waals surface area (Å²) in [5.41, 5.74) is 0.722. The van der Waals surface area contributed by atoms with Crippen molar-refractivity contribution >= 4 is 0 Å². The van der Waals surface area contributed by atoms with Crippen LogP contribution < -0.4 is 5.32 Å². The first kappa shape index (κ1) is 10.4. The van der Waals surface area contributed by atoms with Gasteiger partial charge in [0.2, 0.25) is 0 Å². The molecule has 2 heteroatoms. The summed E-state index contributed by atoms with van der Waals surface area (Å²) in [6.45, 7) is 8.89. The molecular formula is C12H23NO. The van der Waals surface area contributed by atoms with Crippen LogP contribution in [0.4, 0.5) is 0 Å². The van der Waals surface area contributed by atoms with Crippen molar-refractivity contribution in [2.75, 3.05) is 13.2 Å². The van der Waals surface area contributed by atoms with E-state index >= 15 is 0 Å². The molecule has 1 aliphatic heterocycles. The van der Waals surface area contributed by atoms with Gasteiger partial charge in [-0.15, -0.1) is 0 Å². The van der Waals surface area contributed by atoms with Crippen LogP contribution in [0.5, 0.6) is 0 Å². The zero-order valence-corrected chi connectivity index (χ0v) is 9.73. The summed E-state index contributed by atoms with van der Waals surface area (Å²) in [4.78, 5) is 0. The first-order valence-corrected chi connectivity index (χ1v) is 5.89. The Morgan fingerprint density at radius 1 is 1.14 bits per heavy atom. The molecule has 1 spiro atoms. The Bertz CT molecular complexity index is 192. The van der Waals surface area contributed by atoms with Gasteiger partial charge in [-0.25, -0.2) is 0 Å². The van der Waals surface area contributed by atoms with E-state index in [0.29, 0.717) is 11.5 Å². The van der Waals surface area contributed by atoms with E-state index in [1.165, 1.54) is 25.7 Å². The van der Waals surface area contributed by atoms with Crippen LogP contribution in [0.15, 0.2) is 0 Å². The quantitative estimate of drug-likeness (QED) is 0.643. The van der Waals surface area contributed by atoms with Crippen LogP contribution in [0.2, 0.25) is 0 Å². The van der Waals surface area contributed by atoms with Gasteiger partial charge in [0.1, 0.15) is 0 Å². The lowest BCUT2D eigenvalue weighted by Crippen LogP contribution is -2.55. The van der Waals surface area contributed by atoms with Gasteiger partial charge in [0.25, 0.3) is 0 Å². The minimum Gasteiger partial charge on any atom is -0.372 e. The molecule has 2 nitrogen and oxygen atoms in total. The number of ether oxygens (including phenoxy) is 1. The fourth-order valence-electron chi connectivity index (χ4n) is 2.48. The molecule has 82 valence electrons. The molecule has 1 heterocycles. The Balaban J connectivity index is 1.93.